The number of pyridine rings is 1. The van der Waals surface area contributed by atoms with Crippen LogP contribution in [-0.4, -0.2) is 37.3 Å². The molecule has 0 saturated heterocycles. The number of nitrogens with one attached hydrogen (secondary N) is 1. The molecule has 13 heteroatoms. The summed E-state index contributed by atoms with van der Waals surface area (Å²) in [6.45, 7) is 0.455. The molecule has 0 unspecified atom stereocenters. The summed E-state index contributed by atoms with van der Waals surface area (Å²) in [4.78, 5) is 17.1. The number of halogens is 3. The molecule has 0 aliphatic heterocycles. The second-order valence-corrected chi connectivity index (χ2v) is 9.29. The molecular weight excluding hydrogens is 545 g/mol. The number of Topliss-reactive ketones (excluding diaryl/α,β-unsaturated/α-hetero) is 1. The third-order valence-electron chi connectivity index (χ3n) is 5.22. The molecule has 0 amide bonds. The van der Waals surface area contributed by atoms with Gasteiger partial charge in [0.2, 0.25) is 5.78 Å². The van der Waals surface area contributed by atoms with Crippen molar-refractivity contribution in [3.63, 3.8) is 0 Å². The lowest BCUT2D eigenvalue weighted by Gasteiger charge is -2.16. The van der Waals surface area contributed by atoms with Gasteiger partial charge < -0.3 is 15.5 Å². The number of ether oxygens (including phenoxy) is 1. The van der Waals surface area contributed by atoms with Gasteiger partial charge in [0.1, 0.15) is 18.1 Å². The molecule has 10 nitrogen and oxygen atoms in total. The maximum atomic E-state index is 14.1. The first-order valence-corrected chi connectivity index (χ1v) is 11.7. The zero-order valence-electron chi connectivity index (χ0n) is 18.3. The zero-order valence-corrected chi connectivity index (χ0v) is 20.6. The van der Waals surface area contributed by atoms with Crippen molar-refractivity contribution in [2.45, 2.75) is 19.4 Å². The van der Waals surface area contributed by atoms with Crippen molar-refractivity contribution < 1.29 is 19.1 Å². The van der Waals surface area contributed by atoms with Gasteiger partial charge >= 0.3 is 0 Å². The molecular formula is C22H22BrClFN7O3. The Morgan fingerprint density at radius 1 is 1.40 bits per heavy atom. The number of nitrogens with two attached hydrogens (primary N) is 2. The fourth-order valence-corrected chi connectivity index (χ4v) is 3.87. The number of hydrogen-bond donors (Lipinski definition) is 4. The minimum Gasteiger partial charge on any atom is -0.485 e. The van der Waals surface area contributed by atoms with Crippen LogP contribution in [0.5, 0.6) is 5.75 Å². The standard InChI is InChI=1S/C22H22BrClFN7O3/c23-14-6-19(22(30-34)28-8-14)35-11-13-5-15(25)3-4-17(13)32-18(7-20(24)29-32)21(33)16(26)10-31(27)9-12-1-2-12/h3-8,10,12,34H,1-2,9,11,26-27H2,(H,28,30)/b16-10-. The maximum Gasteiger partial charge on any atom is 0.228 e. The second kappa shape index (κ2) is 10.6. The minimum absolute atomic E-state index is 0.0443. The van der Waals surface area contributed by atoms with Crippen LogP contribution in [0.3, 0.4) is 0 Å². The van der Waals surface area contributed by atoms with Crippen molar-refractivity contribution in [1.82, 2.24) is 19.8 Å². The summed E-state index contributed by atoms with van der Waals surface area (Å²) >= 11 is 9.41. The number of aromatic nitrogens is 3. The van der Waals surface area contributed by atoms with Gasteiger partial charge in [0.15, 0.2) is 16.7 Å². The summed E-state index contributed by atoms with van der Waals surface area (Å²) in [5.74, 6) is 5.65. The van der Waals surface area contributed by atoms with Gasteiger partial charge in [0, 0.05) is 35.0 Å². The number of nitrogens with zero attached hydrogens (tertiary/aromatic N) is 4. The van der Waals surface area contributed by atoms with E-state index in [1.807, 2.05) is 5.48 Å². The fraction of sp³-hybridized carbons (Fsp3) is 0.227. The molecule has 1 aliphatic carbocycles. The molecule has 1 aromatic carbocycles. The quantitative estimate of drug-likeness (QED) is 0.125. The molecule has 1 fully saturated rings. The van der Waals surface area contributed by atoms with Crippen molar-refractivity contribution in [2.24, 2.45) is 17.5 Å². The van der Waals surface area contributed by atoms with Gasteiger partial charge in [-0.1, -0.05) is 11.6 Å². The van der Waals surface area contributed by atoms with Crippen molar-refractivity contribution in [2.75, 3.05) is 12.0 Å². The van der Waals surface area contributed by atoms with Gasteiger partial charge in [-0.3, -0.25) is 10.0 Å². The lowest BCUT2D eigenvalue weighted by atomic mass is 10.1. The predicted molar refractivity (Wildman–Crippen MR) is 130 cm³/mol. The molecule has 1 aliphatic rings. The number of benzene rings is 1. The molecule has 2 aromatic heterocycles. The van der Waals surface area contributed by atoms with Gasteiger partial charge in [0.05, 0.1) is 11.4 Å². The van der Waals surface area contributed by atoms with Crippen LogP contribution in [0.4, 0.5) is 10.2 Å². The van der Waals surface area contributed by atoms with Crippen LogP contribution in [-0.2, 0) is 6.61 Å². The Hall–Kier alpha value is -3.19. The smallest absolute Gasteiger partial charge is 0.228 e. The second-order valence-electron chi connectivity index (χ2n) is 7.99. The normalized spacial score (nSPS) is 13.6. The van der Waals surface area contributed by atoms with E-state index < -0.39 is 11.6 Å². The van der Waals surface area contributed by atoms with Crippen molar-refractivity contribution in [3.05, 3.63) is 75.1 Å². The van der Waals surface area contributed by atoms with Crippen molar-refractivity contribution in [3.8, 4) is 11.4 Å². The molecule has 1 saturated carbocycles. The van der Waals surface area contributed by atoms with Crippen molar-refractivity contribution >= 4 is 39.1 Å². The Balaban J connectivity index is 1.64. The highest BCUT2D eigenvalue weighted by molar-refractivity contribution is 9.10. The van der Waals surface area contributed by atoms with E-state index >= 15 is 0 Å². The van der Waals surface area contributed by atoms with E-state index in [9.17, 15) is 14.4 Å². The lowest BCUT2D eigenvalue weighted by molar-refractivity contribution is 0.102. The summed E-state index contributed by atoms with van der Waals surface area (Å²) in [7, 11) is 0. The van der Waals surface area contributed by atoms with Gasteiger partial charge in [0.25, 0.3) is 0 Å². The summed E-state index contributed by atoms with van der Waals surface area (Å²) in [5, 5.41) is 14.9. The molecule has 0 atom stereocenters. The average molecular weight is 567 g/mol. The molecule has 184 valence electrons. The number of hydrazine groups is 1. The van der Waals surface area contributed by atoms with Crippen LogP contribution in [0.15, 0.2) is 52.9 Å². The first-order chi connectivity index (χ1) is 16.7. The Labute approximate surface area is 213 Å². The summed E-state index contributed by atoms with van der Waals surface area (Å²) in [6.07, 6.45) is 5.04. The van der Waals surface area contributed by atoms with Crippen LogP contribution < -0.4 is 21.8 Å². The molecule has 6 N–H and O–H groups in total. The Bertz CT molecular complexity index is 1280. The fourth-order valence-electron chi connectivity index (χ4n) is 3.38. The van der Waals surface area contributed by atoms with Crippen LogP contribution in [0, 0.1) is 11.7 Å². The predicted octanol–water partition coefficient (Wildman–Crippen LogP) is 3.77. The Kier molecular flexibility index (Phi) is 7.55. The van der Waals surface area contributed by atoms with E-state index in [1.165, 1.54) is 46.4 Å². The highest BCUT2D eigenvalue weighted by atomic mass is 79.9. The molecule has 0 radical (unpaired) electrons. The topological polar surface area (TPSA) is 145 Å². The van der Waals surface area contributed by atoms with Gasteiger partial charge in [-0.05, 0) is 59.0 Å². The van der Waals surface area contributed by atoms with Crippen LogP contribution in [0.2, 0.25) is 5.15 Å². The zero-order chi connectivity index (χ0) is 25.1. The number of ketones is 1. The maximum absolute atomic E-state index is 14.1. The van der Waals surface area contributed by atoms with Gasteiger partial charge in [-0.25, -0.2) is 25.4 Å². The highest BCUT2D eigenvalue weighted by Gasteiger charge is 2.24. The number of rotatable bonds is 10. The minimum atomic E-state index is -0.546. The molecule has 0 spiro atoms. The lowest BCUT2D eigenvalue weighted by Crippen LogP contribution is -2.30. The van der Waals surface area contributed by atoms with E-state index in [0.717, 1.165) is 12.8 Å². The number of hydrogen-bond acceptors (Lipinski definition) is 9. The number of carbonyl (C=O) groups excluding carboxylic acids is 1. The average Bonchev–Trinajstić information content (AvgIpc) is 3.55. The number of carbonyl (C=O) groups is 1. The van der Waals surface area contributed by atoms with E-state index in [0.29, 0.717) is 28.2 Å². The van der Waals surface area contributed by atoms with E-state index in [2.05, 4.69) is 26.0 Å². The number of anilines is 1. The van der Waals surface area contributed by atoms with Crippen LogP contribution in [0.25, 0.3) is 5.69 Å². The first kappa shape index (κ1) is 24.9. The first-order valence-electron chi connectivity index (χ1n) is 10.5. The Morgan fingerprint density at radius 2 is 2.17 bits per heavy atom. The summed E-state index contributed by atoms with van der Waals surface area (Å²) < 4.78 is 21.8. The van der Waals surface area contributed by atoms with E-state index in [-0.39, 0.29) is 34.7 Å². The summed E-state index contributed by atoms with van der Waals surface area (Å²) in [6, 6.07) is 6.86. The molecule has 0 bridgehead atoms. The monoisotopic (exact) mass is 565 g/mol. The Morgan fingerprint density at radius 3 is 2.89 bits per heavy atom. The SMILES string of the molecule is N/C(=C\N(N)CC1CC1)C(=O)c1cc(Cl)nn1-c1ccc(F)cc1COc1cc(Br)cnc1NO. The highest BCUT2D eigenvalue weighted by Crippen LogP contribution is 2.30. The third kappa shape index (κ3) is 6.09. The van der Waals surface area contributed by atoms with Crippen LogP contribution in [0.1, 0.15) is 28.9 Å². The van der Waals surface area contributed by atoms with Gasteiger partial charge in [-0.15, -0.1) is 0 Å². The van der Waals surface area contributed by atoms with E-state index in [1.54, 1.807) is 6.07 Å². The molecule has 2 heterocycles. The molecule has 35 heavy (non-hydrogen) atoms. The third-order valence-corrected chi connectivity index (χ3v) is 5.84. The summed E-state index contributed by atoms with van der Waals surface area (Å²) in [5.41, 5.74) is 8.63. The molecule has 3 aromatic rings. The van der Waals surface area contributed by atoms with E-state index in [4.69, 9.17) is 27.9 Å². The molecule has 4 rings (SSSR count). The van der Waals surface area contributed by atoms with Crippen molar-refractivity contribution in [1.29, 1.82) is 0 Å². The number of allylic oxidation sites excluding steroid dienone is 1. The van der Waals surface area contributed by atoms with Crippen LogP contribution >= 0.6 is 27.5 Å². The largest absolute Gasteiger partial charge is 0.485 e. The van der Waals surface area contributed by atoms with Gasteiger partial charge in [-0.2, -0.15) is 5.10 Å².